The van der Waals surface area contributed by atoms with E-state index in [1.54, 1.807) is 19.5 Å². The van der Waals surface area contributed by atoms with Crippen molar-refractivity contribution in [3.63, 3.8) is 0 Å². The van der Waals surface area contributed by atoms with Crippen molar-refractivity contribution in [2.75, 3.05) is 37.5 Å². The van der Waals surface area contributed by atoms with Crippen molar-refractivity contribution in [3.05, 3.63) is 90.5 Å². The van der Waals surface area contributed by atoms with Crippen LogP contribution in [0.5, 0.6) is 17.2 Å². The minimum Gasteiger partial charge on any atom is -0.497 e. The van der Waals surface area contributed by atoms with Crippen LogP contribution in [0.25, 0.3) is 33.1 Å². The van der Waals surface area contributed by atoms with E-state index in [1.165, 1.54) is 12.8 Å². The molecule has 6 aromatic rings. The Balaban J connectivity index is 1.12. The fraction of sp³-hybridized carbons (Fsp3) is 0.381. The van der Waals surface area contributed by atoms with Gasteiger partial charge in [0.25, 0.3) is 0 Å². The highest BCUT2D eigenvalue weighted by Gasteiger charge is 2.37. The fourth-order valence-corrected chi connectivity index (χ4v) is 7.03. The normalized spacial score (nSPS) is 13.3. The van der Waals surface area contributed by atoms with E-state index in [0.717, 1.165) is 62.3 Å². The summed E-state index contributed by atoms with van der Waals surface area (Å²) in [6, 6.07) is 18.2. The lowest BCUT2D eigenvalue weighted by atomic mass is 10.0. The maximum absolute atomic E-state index is 6.30. The fourth-order valence-electron chi connectivity index (χ4n) is 6.00. The third-order valence-electron chi connectivity index (χ3n) is 10.4. The van der Waals surface area contributed by atoms with Gasteiger partial charge in [0.2, 0.25) is 5.95 Å². The van der Waals surface area contributed by atoms with Crippen molar-refractivity contribution in [3.8, 4) is 28.4 Å². The van der Waals surface area contributed by atoms with E-state index in [2.05, 4.69) is 77.4 Å². The molecule has 0 radical (unpaired) electrons. The van der Waals surface area contributed by atoms with Gasteiger partial charge >= 0.3 is 0 Å². The number of ether oxygens (including phenoxy) is 3. The van der Waals surface area contributed by atoms with Gasteiger partial charge in [-0.15, -0.1) is 0 Å². The Morgan fingerprint density at radius 3 is 2.41 bits per heavy atom. The molecule has 54 heavy (non-hydrogen) atoms. The zero-order valence-electron chi connectivity index (χ0n) is 32.4. The number of rotatable bonds is 16. The number of aryl methyl sites for hydroxylation is 1. The molecule has 0 saturated heterocycles. The topological polar surface area (TPSA) is 117 Å². The summed E-state index contributed by atoms with van der Waals surface area (Å²) in [6.45, 7) is 14.1. The maximum atomic E-state index is 6.30. The molecule has 4 aromatic heterocycles. The van der Waals surface area contributed by atoms with E-state index in [1.807, 2.05) is 55.7 Å². The van der Waals surface area contributed by atoms with Crippen LogP contribution < -0.4 is 24.8 Å². The predicted octanol–water partition coefficient (Wildman–Crippen LogP) is 9.00. The molecule has 2 N–H and O–H groups in total. The van der Waals surface area contributed by atoms with E-state index in [9.17, 15) is 0 Å². The third-order valence-corrected chi connectivity index (χ3v) is 15.0. The first-order chi connectivity index (χ1) is 26.0. The Kier molecular flexibility index (Phi) is 10.8. The van der Waals surface area contributed by atoms with Gasteiger partial charge in [-0.05, 0) is 90.0 Å². The smallest absolute Gasteiger partial charge is 0.226 e. The van der Waals surface area contributed by atoms with Crippen molar-refractivity contribution in [1.82, 2.24) is 24.5 Å². The molecule has 0 atom stereocenters. The van der Waals surface area contributed by atoms with Gasteiger partial charge in [-0.3, -0.25) is 9.97 Å². The molecule has 282 valence electrons. The van der Waals surface area contributed by atoms with Crippen LogP contribution in [0.3, 0.4) is 0 Å². The third kappa shape index (κ3) is 8.77. The summed E-state index contributed by atoms with van der Waals surface area (Å²) in [6.07, 6.45) is 9.98. The SMILES string of the molecule is COc1ccc(COc2cnc3ccc(-c4cn(C)c5nc(NCC6CC6)nc(NCc6cncc(OCCO[Si](C)(C)C(C)(C)C)c6)c45)cc3c2)cc1. The molecule has 1 fully saturated rings. The van der Waals surface area contributed by atoms with Crippen molar-refractivity contribution < 1.29 is 18.6 Å². The summed E-state index contributed by atoms with van der Waals surface area (Å²) >= 11 is 0. The predicted molar refractivity (Wildman–Crippen MR) is 218 cm³/mol. The molecular weight excluding hydrogens is 695 g/mol. The van der Waals surface area contributed by atoms with Crippen LogP contribution in [0.1, 0.15) is 44.7 Å². The lowest BCUT2D eigenvalue weighted by Gasteiger charge is -2.36. The molecule has 2 aromatic carbocycles. The van der Waals surface area contributed by atoms with Gasteiger partial charge in [-0.2, -0.15) is 9.97 Å². The number of aromatic nitrogens is 5. The molecule has 0 unspecified atom stereocenters. The monoisotopic (exact) mass is 745 g/mol. The quantitative estimate of drug-likeness (QED) is 0.0734. The number of anilines is 2. The molecule has 1 aliphatic carbocycles. The maximum Gasteiger partial charge on any atom is 0.226 e. The number of nitrogens with one attached hydrogen (secondary N) is 2. The number of pyridine rings is 2. The Morgan fingerprint density at radius 2 is 1.65 bits per heavy atom. The molecule has 0 spiro atoms. The number of hydrogen-bond acceptors (Lipinski definition) is 10. The highest BCUT2D eigenvalue weighted by molar-refractivity contribution is 6.74. The second-order valence-electron chi connectivity index (χ2n) is 15.6. The molecule has 0 bridgehead atoms. The average Bonchev–Trinajstić information content (AvgIpc) is 3.94. The highest BCUT2D eigenvalue weighted by atomic mass is 28.4. The van der Waals surface area contributed by atoms with Crippen LogP contribution in [0, 0.1) is 5.92 Å². The van der Waals surface area contributed by atoms with E-state index in [0.29, 0.717) is 49.7 Å². The zero-order valence-corrected chi connectivity index (χ0v) is 33.4. The lowest BCUT2D eigenvalue weighted by Crippen LogP contribution is -2.41. The highest BCUT2D eigenvalue weighted by Crippen LogP contribution is 2.38. The summed E-state index contributed by atoms with van der Waals surface area (Å²) in [5.41, 5.74) is 5.81. The first kappa shape index (κ1) is 37.1. The van der Waals surface area contributed by atoms with Crippen LogP contribution in [0.4, 0.5) is 11.8 Å². The van der Waals surface area contributed by atoms with E-state index < -0.39 is 8.32 Å². The van der Waals surface area contributed by atoms with Crippen molar-refractivity contribution in [2.45, 2.75) is 64.9 Å². The Bertz CT molecular complexity index is 2230. The second kappa shape index (κ2) is 15.6. The van der Waals surface area contributed by atoms with Crippen molar-refractivity contribution in [2.24, 2.45) is 13.0 Å². The van der Waals surface area contributed by atoms with Gasteiger partial charge in [0, 0.05) is 43.5 Å². The summed E-state index contributed by atoms with van der Waals surface area (Å²) in [5, 5.41) is 9.19. The summed E-state index contributed by atoms with van der Waals surface area (Å²) < 4.78 is 25.9. The van der Waals surface area contributed by atoms with Crippen LogP contribution in [-0.4, -0.2) is 59.7 Å². The number of benzene rings is 2. The lowest BCUT2D eigenvalue weighted by molar-refractivity contribution is 0.203. The molecule has 12 heteroatoms. The van der Waals surface area contributed by atoms with Gasteiger partial charge in [0.1, 0.15) is 41.9 Å². The van der Waals surface area contributed by atoms with Crippen molar-refractivity contribution in [1.29, 1.82) is 0 Å². The molecule has 1 aliphatic rings. The average molecular weight is 746 g/mol. The minimum absolute atomic E-state index is 0.154. The number of nitrogens with zero attached hydrogens (tertiary/aromatic N) is 5. The summed E-state index contributed by atoms with van der Waals surface area (Å²) in [5.74, 6) is 4.28. The van der Waals surface area contributed by atoms with Gasteiger partial charge in [-0.25, -0.2) is 0 Å². The first-order valence-corrected chi connectivity index (χ1v) is 21.6. The Labute approximate surface area is 318 Å². The van der Waals surface area contributed by atoms with Crippen LogP contribution in [0.2, 0.25) is 18.1 Å². The molecule has 7 rings (SSSR count). The van der Waals surface area contributed by atoms with Gasteiger partial charge in [-0.1, -0.05) is 39.0 Å². The van der Waals surface area contributed by atoms with Crippen LogP contribution >= 0.6 is 0 Å². The zero-order chi connectivity index (χ0) is 37.9. The first-order valence-electron chi connectivity index (χ1n) is 18.7. The van der Waals surface area contributed by atoms with Crippen LogP contribution in [-0.2, 0) is 24.6 Å². The number of hydrogen-bond donors (Lipinski definition) is 2. The molecule has 11 nitrogen and oxygen atoms in total. The minimum atomic E-state index is -1.84. The van der Waals surface area contributed by atoms with Crippen LogP contribution in [0.15, 0.2) is 79.4 Å². The van der Waals surface area contributed by atoms with Gasteiger partial charge in [0.05, 0.1) is 37.0 Å². The van der Waals surface area contributed by atoms with E-state index in [-0.39, 0.29) is 5.04 Å². The molecule has 4 heterocycles. The largest absolute Gasteiger partial charge is 0.497 e. The molecule has 1 saturated carbocycles. The second-order valence-corrected chi connectivity index (χ2v) is 20.4. The Hall–Kier alpha value is -5.20. The van der Waals surface area contributed by atoms with Gasteiger partial charge in [0.15, 0.2) is 8.32 Å². The van der Waals surface area contributed by atoms with E-state index >= 15 is 0 Å². The standard InChI is InChI=1S/C42H51N7O4Si/c1-42(2,3)54(6,7)53-17-16-51-34-18-30(21-43-24-34)23-45-39-38-36(26-49(4)40(38)48-41(47-39)46-22-28-8-9-28)31-12-15-37-32(19-31)20-35(25-44-37)52-27-29-10-13-33(50-5)14-11-29/h10-15,18-21,24-26,28H,8-9,16-17,22-23,27H2,1-7H3,(H2,45,46,47,48). The van der Waals surface area contributed by atoms with E-state index in [4.69, 9.17) is 28.6 Å². The molecular formula is C42H51N7O4Si. The van der Waals surface area contributed by atoms with Crippen molar-refractivity contribution >= 4 is 42.0 Å². The Morgan fingerprint density at radius 1 is 0.852 bits per heavy atom. The number of methoxy groups -OCH3 is 1. The molecule has 0 aliphatic heterocycles. The van der Waals surface area contributed by atoms with Gasteiger partial charge < -0.3 is 33.8 Å². The summed E-state index contributed by atoms with van der Waals surface area (Å²) in [7, 11) is 1.85. The number of fused-ring (bicyclic) bond motifs is 2. The molecule has 0 amide bonds. The summed E-state index contributed by atoms with van der Waals surface area (Å²) in [4.78, 5) is 19.2.